The second-order valence-electron chi connectivity index (χ2n) is 2.97. The fourth-order valence-corrected chi connectivity index (χ4v) is 0.831. The maximum absolute atomic E-state index is 13.0. The Labute approximate surface area is 85.1 Å². The minimum atomic E-state index is -0.399. The Hall–Kier alpha value is -1.12. The van der Waals surface area contributed by atoms with Crippen molar-refractivity contribution in [2.75, 3.05) is 0 Å². The van der Waals surface area contributed by atoms with Crippen molar-refractivity contribution in [1.29, 1.82) is 0 Å². The van der Waals surface area contributed by atoms with E-state index in [4.69, 9.17) is 4.74 Å². The summed E-state index contributed by atoms with van der Waals surface area (Å²) in [6.07, 6.45) is 1.54. The number of aryl methyl sites for hydroxylation is 1. The summed E-state index contributed by atoms with van der Waals surface area (Å²) in [6.45, 7) is 9.46. The van der Waals surface area contributed by atoms with Gasteiger partial charge in [-0.1, -0.05) is 13.8 Å². The van der Waals surface area contributed by atoms with E-state index in [9.17, 15) is 4.39 Å². The van der Waals surface area contributed by atoms with Crippen molar-refractivity contribution in [2.24, 2.45) is 0 Å². The zero-order chi connectivity index (χ0) is 11.1. The molecule has 0 aliphatic carbocycles. The minimum Gasteiger partial charge on any atom is -0.473 e. The Morgan fingerprint density at radius 2 is 1.93 bits per heavy atom. The molecule has 1 heterocycles. The van der Waals surface area contributed by atoms with E-state index in [0.717, 1.165) is 5.56 Å². The minimum absolute atomic E-state index is 0.0466. The first-order chi connectivity index (χ1) is 6.59. The molecule has 0 amide bonds. The van der Waals surface area contributed by atoms with Gasteiger partial charge in [-0.3, -0.25) is 0 Å². The van der Waals surface area contributed by atoms with Gasteiger partial charge >= 0.3 is 0 Å². The summed E-state index contributed by atoms with van der Waals surface area (Å²) in [6, 6.07) is 1.41. The molecule has 2 nitrogen and oxygen atoms in total. The standard InChI is InChI=1S/C9H12FNO.C2H6/c1-6(2)12-9-8(10)4-7(3)5-11-9;1-2/h4-6H,1-3H3;1-2H3. The van der Waals surface area contributed by atoms with Crippen molar-refractivity contribution in [3.8, 4) is 5.88 Å². The smallest absolute Gasteiger partial charge is 0.250 e. The Bertz CT molecular complexity index is 274. The molecule has 0 radical (unpaired) electrons. The number of rotatable bonds is 2. The predicted octanol–water partition coefficient (Wildman–Crippen LogP) is 3.34. The third-order valence-electron chi connectivity index (χ3n) is 1.29. The van der Waals surface area contributed by atoms with Gasteiger partial charge in [0.25, 0.3) is 5.88 Å². The highest BCUT2D eigenvalue weighted by Gasteiger charge is 2.05. The molecule has 0 aromatic carbocycles. The highest BCUT2D eigenvalue weighted by Crippen LogP contribution is 2.14. The molecule has 0 saturated carbocycles. The highest BCUT2D eigenvalue weighted by atomic mass is 19.1. The van der Waals surface area contributed by atoms with Crippen LogP contribution in [0.25, 0.3) is 0 Å². The fourth-order valence-electron chi connectivity index (χ4n) is 0.831. The van der Waals surface area contributed by atoms with Crippen LogP contribution in [-0.4, -0.2) is 11.1 Å². The van der Waals surface area contributed by atoms with Crippen LogP contribution in [0.4, 0.5) is 4.39 Å². The quantitative estimate of drug-likeness (QED) is 0.728. The van der Waals surface area contributed by atoms with E-state index in [-0.39, 0.29) is 12.0 Å². The van der Waals surface area contributed by atoms with Crippen molar-refractivity contribution in [1.82, 2.24) is 4.98 Å². The lowest BCUT2D eigenvalue weighted by Crippen LogP contribution is -2.08. The molecule has 0 atom stereocenters. The van der Waals surface area contributed by atoms with Crippen LogP contribution in [0.2, 0.25) is 0 Å². The van der Waals surface area contributed by atoms with Crippen LogP contribution in [0.1, 0.15) is 33.3 Å². The Balaban J connectivity index is 0.000000791. The number of ether oxygens (including phenoxy) is 1. The average Bonchev–Trinajstić information content (AvgIpc) is 2.13. The zero-order valence-electron chi connectivity index (χ0n) is 9.47. The normalized spacial score (nSPS) is 9.36. The zero-order valence-corrected chi connectivity index (χ0v) is 9.47. The van der Waals surface area contributed by atoms with Gasteiger partial charge in [-0.15, -0.1) is 0 Å². The lowest BCUT2D eigenvalue weighted by atomic mass is 10.3. The number of hydrogen-bond donors (Lipinski definition) is 0. The van der Waals surface area contributed by atoms with Crippen LogP contribution in [0.3, 0.4) is 0 Å². The van der Waals surface area contributed by atoms with Crippen molar-refractivity contribution >= 4 is 0 Å². The number of pyridine rings is 1. The number of nitrogens with zero attached hydrogens (tertiary/aromatic N) is 1. The summed E-state index contributed by atoms with van der Waals surface area (Å²) < 4.78 is 18.1. The molecule has 0 fully saturated rings. The Morgan fingerprint density at radius 3 is 2.36 bits per heavy atom. The number of halogens is 1. The third-order valence-corrected chi connectivity index (χ3v) is 1.29. The molecule has 14 heavy (non-hydrogen) atoms. The third kappa shape index (κ3) is 4.21. The van der Waals surface area contributed by atoms with Crippen LogP contribution in [-0.2, 0) is 0 Å². The van der Waals surface area contributed by atoms with E-state index in [0.29, 0.717) is 0 Å². The van der Waals surface area contributed by atoms with Crippen molar-refractivity contribution in [3.63, 3.8) is 0 Å². The molecule has 3 heteroatoms. The topological polar surface area (TPSA) is 22.1 Å². The molecule has 0 saturated heterocycles. The average molecular weight is 199 g/mol. The molecule has 1 rings (SSSR count). The molecular formula is C11H18FNO. The summed E-state index contributed by atoms with van der Waals surface area (Å²) in [5, 5.41) is 0. The van der Waals surface area contributed by atoms with Crippen LogP contribution >= 0.6 is 0 Å². The van der Waals surface area contributed by atoms with Crippen LogP contribution in [0, 0.1) is 12.7 Å². The second-order valence-corrected chi connectivity index (χ2v) is 2.97. The van der Waals surface area contributed by atoms with E-state index >= 15 is 0 Å². The molecule has 0 N–H and O–H groups in total. The molecule has 1 aromatic rings. The summed E-state index contributed by atoms with van der Waals surface area (Å²) in [7, 11) is 0. The predicted molar refractivity (Wildman–Crippen MR) is 56.0 cm³/mol. The summed E-state index contributed by atoms with van der Waals surface area (Å²) in [4.78, 5) is 3.82. The number of aromatic nitrogens is 1. The first kappa shape index (κ1) is 12.9. The Morgan fingerprint density at radius 1 is 1.36 bits per heavy atom. The van der Waals surface area contributed by atoms with Gasteiger partial charge in [0.15, 0.2) is 5.82 Å². The maximum Gasteiger partial charge on any atom is 0.250 e. The molecular weight excluding hydrogens is 181 g/mol. The SMILES string of the molecule is CC.Cc1cnc(OC(C)C)c(F)c1. The fraction of sp³-hybridized carbons (Fsp3) is 0.545. The molecule has 0 spiro atoms. The van der Waals surface area contributed by atoms with Gasteiger partial charge in [0.1, 0.15) is 0 Å². The van der Waals surface area contributed by atoms with Gasteiger partial charge < -0.3 is 4.74 Å². The molecule has 0 unspecified atom stereocenters. The highest BCUT2D eigenvalue weighted by molar-refractivity contribution is 5.19. The van der Waals surface area contributed by atoms with E-state index in [1.54, 1.807) is 13.1 Å². The maximum atomic E-state index is 13.0. The molecule has 80 valence electrons. The van der Waals surface area contributed by atoms with Crippen molar-refractivity contribution in [3.05, 3.63) is 23.6 Å². The monoisotopic (exact) mass is 199 g/mol. The first-order valence-corrected chi connectivity index (χ1v) is 4.88. The van der Waals surface area contributed by atoms with Gasteiger partial charge in [0.05, 0.1) is 6.10 Å². The second kappa shape index (κ2) is 6.35. The van der Waals surface area contributed by atoms with Gasteiger partial charge in [0, 0.05) is 6.20 Å². The van der Waals surface area contributed by atoms with E-state index < -0.39 is 5.82 Å². The molecule has 0 bridgehead atoms. The molecule has 0 aliphatic heterocycles. The largest absolute Gasteiger partial charge is 0.473 e. The van der Waals surface area contributed by atoms with Gasteiger partial charge in [0.2, 0.25) is 0 Å². The van der Waals surface area contributed by atoms with Crippen molar-refractivity contribution < 1.29 is 9.13 Å². The molecule has 0 aliphatic rings. The van der Waals surface area contributed by atoms with E-state index in [2.05, 4.69) is 4.98 Å². The lowest BCUT2D eigenvalue weighted by Gasteiger charge is -2.08. The lowest BCUT2D eigenvalue weighted by molar-refractivity contribution is 0.220. The van der Waals surface area contributed by atoms with E-state index in [1.807, 2.05) is 27.7 Å². The van der Waals surface area contributed by atoms with E-state index in [1.165, 1.54) is 6.07 Å². The first-order valence-electron chi connectivity index (χ1n) is 4.88. The van der Waals surface area contributed by atoms with Gasteiger partial charge in [-0.25, -0.2) is 9.37 Å². The van der Waals surface area contributed by atoms with Gasteiger partial charge in [-0.2, -0.15) is 0 Å². The van der Waals surface area contributed by atoms with Crippen LogP contribution in [0.5, 0.6) is 5.88 Å². The Kier molecular flexibility index (Phi) is 5.84. The summed E-state index contributed by atoms with van der Waals surface area (Å²) in [5.74, 6) is -0.320. The summed E-state index contributed by atoms with van der Waals surface area (Å²) >= 11 is 0. The van der Waals surface area contributed by atoms with Gasteiger partial charge in [-0.05, 0) is 32.4 Å². The van der Waals surface area contributed by atoms with Crippen LogP contribution < -0.4 is 4.74 Å². The van der Waals surface area contributed by atoms with Crippen LogP contribution in [0.15, 0.2) is 12.3 Å². The summed E-state index contributed by atoms with van der Waals surface area (Å²) in [5.41, 5.74) is 0.795. The molecule has 1 aromatic heterocycles. The van der Waals surface area contributed by atoms with Crippen molar-refractivity contribution in [2.45, 2.75) is 40.7 Å². The number of hydrogen-bond acceptors (Lipinski definition) is 2.